The van der Waals surface area contributed by atoms with E-state index in [-0.39, 0.29) is 6.09 Å². The van der Waals surface area contributed by atoms with Gasteiger partial charge in [0.15, 0.2) is 0 Å². The van der Waals surface area contributed by atoms with Gasteiger partial charge in [-0.05, 0) is 45.6 Å². The first-order valence-corrected chi connectivity index (χ1v) is 7.65. The summed E-state index contributed by atoms with van der Waals surface area (Å²) in [6, 6.07) is 10.1. The maximum absolute atomic E-state index is 12.6. The zero-order chi connectivity index (χ0) is 15.5. The Bertz CT molecular complexity index is 481. The predicted molar refractivity (Wildman–Crippen MR) is 84.0 cm³/mol. The molecular weight excluding hydrogens is 264 g/mol. The van der Waals surface area contributed by atoms with Gasteiger partial charge in [0.25, 0.3) is 0 Å². The lowest BCUT2D eigenvalue weighted by molar-refractivity contribution is -0.0153. The predicted octanol–water partition coefficient (Wildman–Crippen LogP) is 3.26. The van der Waals surface area contributed by atoms with Crippen LogP contribution in [-0.4, -0.2) is 29.7 Å². The highest BCUT2D eigenvalue weighted by molar-refractivity contribution is 5.70. The zero-order valence-electron chi connectivity index (χ0n) is 13.3. The van der Waals surface area contributed by atoms with Crippen molar-refractivity contribution in [2.75, 3.05) is 13.1 Å². The second-order valence-electron chi connectivity index (χ2n) is 6.69. The summed E-state index contributed by atoms with van der Waals surface area (Å²) in [5, 5.41) is 0. The van der Waals surface area contributed by atoms with E-state index in [1.807, 2.05) is 43.9 Å². The highest BCUT2D eigenvalue weighted by atomic mass is 16.6. The molecule has 21 heavy (non-hydrogen) atoms. The van der Waals surface area contributed by atoms with Gasteiger partial charge < -0.3 is 10.5 Å². The third-order valence-electron chi connectivity index (χ3n) is 4.00. The number of nitrogens with two attached hydrogens (primary N) is 1. The van der Waals surface area contributed by atoms with Crippen molar-refractivity contribution in [3.8, 4) is 0 Å². The van der Waals surface area contributed by atoms with Crippen LogP contribution in [0.3, 0.4) is 0 Å². The lowest BCUT2D eigenvalue weighted by Gasteiger charge is -2.47. The summed E-state index contributed by atoms with van der Waals surface area (Å²) < 4.78 is 5.59. The molecule has 0 aromatic heterocycles. The van der Waals surface area contributed by atoms with E-state index in [1.54, 1.807) is 0 Å². The van der Waals surface area contributed by atoms with Crippen LogP contribution in [-0.2, 0) is 10.3 Å². The van der Waals surface area contributed by atoms with Crippen molar-refractivity contribution < 1.29 is 9.53 Å². The summed E-state index contributed by atoms with van der Waals surface area (Å²) in [5.74, 6) is 0. The number of nitrogens with zero attached hydrogens (tertiary/aromatic N) is 1. The van der Waals surface area contributed by atoms with Crippen LogP contribution < -0.4 is 5.73 Å². The highest BCUT2D eigenvalue weighted by Crippen LogP contribution is 2.37. The van der Waals surface area contributed by atoms with E-state index in [9.17, 15) is 4.79 Å². The molecule has 1 fully saturated rings. The molecule has 2 rings (SSSR count). The molecule has 0 saturated carbocycles. The Balaban J connectivity index is 2.34. The minimum atomic E-state index is -0.494. The van der Waals surface area contributed by atoms with Crippen molar-refractivity contribution in [1.29, 1.82) is 0 Å². The molecule has 1 aromatic carbocycles. The Morgan fingerprint density at radius 2 is 1.95 bits per heavy atom. The summed E-state index contributed by atoms with van der Waals surface area (Å²) >= 11 is 0. The fourth-order valence-electron chi connectivity index (χ4n) is 3.00. The van der Waals surface area contributed by atoms with Gasteiger partial charge in [0, 0.05) is 13.1 Å². The van der Waals surface area contributed by atoms with Gasteiger partial charge in [0.1, 0.15) is 5.60 Å². The first kappa shape index (κ1) is 15.8. The van der Waals surface area contributed by atoms with Gasteiger partial charge in [0.2, 0.25) is 0 Å². The van der Waals surface area contributed by atoms with E-state index in [0.717, 1.165) is 24.8 Å². The van der Waals surface area contributed by atoms with Crippen LogP contribution in [0.5, 0.6) is 0 Å². The monoisotopic (exact) mass is 290 g/mol. The smallest absolute Gasteiger partial charge is 0.411 e. The first-order valence-electron chi connectivity index (χ1n) is 7.65. The fourth-order valence-corrected chi connectivity index (χ4v) is 3.00. The van der Waals surface area contributed by atoms with E-state index in [2.05, 4.69) is 12.1 Å². The van der Waals surface area contributed by atoms with Crippen molar-refractivity contribution in [2.45, 2.75) is 51.2 Å². The molecular formula is C17H26N2O2. The molecule has 1 saturated heterocycles. The number of ether oxygens (including phenoxy) is 1. The highest BCUT2D eigenvalue weighted by Gasteiger charge is 2.43. The quantitative estimate of drug-likeness (QED) is 0.909. The largest absolute Gasteiger partial charge is 0.444 e. The Morgan fingerprint density at radius 3 is 2.52 bits per heavy atom. The van der Waals surface area contributed by atoms with Gasteiger partial charge in [-0.2, -0.15) is 0 Å². The number of benzene rings is 1. The number of likely N-dealkylation sites (tertiary alicyclic amines) is 1. The van der Waals surface area contributed by atoms with Gasteiger partial charge in [-0.3, -0.25) is 4.90 Å². The standard InChI is InChI=1S/C17H26N2O2/c1-16(2,3)21-15(20)19-12-8-7-11-17(19,13-18)14-9-5-4-6-10-14/h4-6,9-10H,7-8,11-13,18H2,1-3H3. The van der Waals surface area contributed by atoms with Gasteiger partial charge in [-0.1, -0.05) is 30.3 Å². The number of hydrogen-bond donors (Lipinski definition) is 1. The third-order valence-corrected chi connectivity index (χ3v) is 4.00. The summed E-state index contributed by atoms with van der Waals surface area (Å²) in [5.41, 5.74) is 6.27. The summed E-state index contributed by atoms with van der Waals surface area (Å²) in [4.78, 5) is 14.4. The van der Waals surface area contributed by atoms with Crippen molar-refractivity contribution in [3.05, 3.63) is 35.9 Å². The Labute approximate surface area is 127 Å². The molecule has 4 nitrogen and oxygen atoms in total. The van der Waals surface area contributed by atoms with Crippen molar-refractivity contribution in [1.82, 2.24) is 4.90 Å². The summed E-state index contributed by atoms with van der Waals surface area (Å²) in [6.07, 6.45) is 2.68. The van der Waals surface area contributed by atoms with Gasteiger partial charge in [0.05, 0.1) is 5.54 Å². The third kappa shape index (κ3) is 3.38. The average Bonchev–Trinajstić information content (AvgIpc) is 2.46. The molecule has 1 heterocycles. The maximum atomic E-state index is 12.6. The molecule has 2 N–H and O–H groups in total. The molecule has 1 atom stereocenters. The molecule has 0 spiro atoms. The molecule has 0 bridgehead atoms. The Morgan fingerprint density at radius 1 is 1.29 bits per heavy atom. The van der Waals surface area contributed by atoms with E-state index in [1.165, 1.54) is 0 Å². The zero-order valence-corrected chi connectivity index (χ0v) is 13.3. The summed E-state index contributed by atoms with van der Waals surface area (Å²) in [6.45, 7) is 6.78. The molecule has 0 radical (unpaired) electrons. The molecule has 4 heteroatoms. The van der Waals surface area contributed by atoms with Gasteiger partial charge in [-0.25, -0.2) is 4.79 Å². The molecule has 1 amide bonds. The number of rotatable bonds is 2. The molecule has 1 unspecified atom stereocenters. The van der Waals surface area contributed by atoms with Crippen molar-refractivity contribution in [2.24, 2.45) is 5.73 Å². The van der Waals surface area contributed by atoms with Crippen LogP contribution in [0.4, 0.5) is 4.79 Å². The SMILES string of the molecule is CC(C)(C)OC(=O)N1CCCCC1(CN)c1ccccc1. The van der Waals surface area contributed by atoms with Crippen LogP contribution >= 0.6 is 0 Å². The van der Waals surface area contributed by atoms with E-state index >= 15 is 0 Å². The molecule has 1 aliphatic rings. The van der Waals surface area contributed by atoms with Crippen LogP contribution in [0.15, 0.2) is 30.3 Å². The second kappa shape index (κ2) is 6.06. The fraction of sp³-hybridized carbons (Fsp3) is 0.588. The Kier molecular flexibility index (Phi) is 4.57. The molecule has 0 aliphatic carbocycles. The number of carbonyl (C=O) groups is 1. The van der Waals surface area contributed by atoms with Gasteiger partial charge >= 0.3 is 6.09 Å². The van der Waals surface area contributed by atoms with E-state index < -0.39 is 11.1 Å². The number of amides is 1. The number of hydrogen-bond acceptors (Lipinski definition) is 3. The van der Waals surface area contributed by atoms with Crippen molar-refractivity contribution in [3.63, 3.8) is 0 Å². The van der Waals surface area contributed by atoms with E-state index in [0.29, 0.717) is 13.1 Å². The van der Waals surface area contributed by atoms with Crippen LogP contribution in [0.1, 0.15) is 45.6 Å². The molecule has 1 aliphatic heterocycles. The number of carbonyl (C=O) groups excluding carboxylic acids is 1. The lowest BCUT2D eigenvalue weighted by Crippen LogP contribution is -2.57. The van der Waals surface area contributed by atoms with Crippen LogP contribution in [0.2, 0.25) is 0 Å². The average molecular weight is 290 g/mol. The minimum absolute atomic E-state index is 0.267. The van der Waals surface area contributed by atoms with Crippen LogP contribution in [0.25, 0.3) is 0 Å². The topological polar surface area (TPSA) is 55.6 Å². The van der Waals surface area contributed by atoms with Crippen LogP contribution in [0, 0.1) is 0 Å². The normalized spacial score (nSPS) is 23.0. The van der Waals surface area contributed by atoms with E-state index in [4.69, 9.17) is 10.5 Å². The van der Waals surface area contributed by atoms with Gasteiger partial charge in [-0.15, -0.1) is 0 Å². The maximum Gasteiger partial charge on any atom is 0.411 e. The van der Waals surface area contributed by atoms with Crippen molar-refractivity contribution >= 4 is 6.09 Å². The minimum Gasteiger partial charge on any atom is -0.444 e. The Hall–Kier alpha value is -1.55. The number of piperidine rings is 1. The molecule has 1 aromatic rings. The first-order chi connectivity index (χ1) is 9.89. The molecule has 116 valence electrons. The second-order valence-corrected chi connectivity index (χ2v) is 6.69. The lowest BCUT2D eigenvalue weighted by atomic mass is 9.80. The summed E-state index contributed by atoms with van der Waals surface area (Å²) in [7, 11) is 0.